The summed E-state index contributed by atoms with van der Waals surface area (Å²) in [6.45, 7) is 0. The van der Waals surface area contributed by atoms with Gasteiger partial charge in [0.2, 0.25) is 0 Å². The number of carbonyl (C=O) groups is 1. The van der Waals surface area contributed by atoms with E-state index in [9.17, 15) is 56.2 Å². The number of carboxylic acids is 1. The Kier molecular flexibility index (Phi) is 11.6. The molecule has 0 aliphatic rings. The minimum Gasteiger partial charge on any atom is -0.505 e. The van der Waals surface area contributed by atoms with E-state index < -0.39 is 97.2 Å². The molecule has 0 heterocycles. The predicted molar refractivity (Wildman–Crippen MR) is 163 cm³/mol. The summed E-state index contributed by atoms with van der Waals surface area (Å²) in [5.74, 6) is -3.99. The molecule has 264 valence electrons. The summed E-state index contributed by atoms with van der Waals surface area (Å²) in [6.07, 6.45) is 0. The summed E-state index contributed by atoms with van der Waals surface area (Å²) in [5, 5.41) is 80.5. The van der Waals surface area contributed by atoms with Crippen LogP contribution < -0.4 is 0 Å². The van der Waals surface area contributed by atoms with Gasteiger partial charge in [0.05, 0.1) is 44.9 Å². The number of hydrogen-bond donors (Lipinski definition) is 7. The van der Waals surface area contributed by atoms with Crippen LogP contribution in [-0.4, -0.2) is 62.7 Å². The lowest BCUT2D eigenvalue weighted by atomic mass is 10.1. The van der Waals surface area contributed by atoms with Gasteiger partial charge in [-0.1, -0.05) is 10.1 Å². The van der Waals surface area contributed by atoms with Gasteiger partial charge in [0.1, 0.15) is 32.5 Å². The van der Waals surface area contributed by atoms with E-state index in [-0.39, 0.29) is 21.8 Å². The Bertz CT molecular complexity index is 2300. The van der Waals surface area contributed by atoms with Crippen molar-refractivity contribution in [2.75, 3.05) is 0 Å². The van der Waals surface area contributed by atoms with Crippen molar-refractivity contribution < 1.29 is 80.2 Å². The summed E-state index contributed by atoms with van der Waals surface area (Å²) in [6, 6.07) is 6.84. The number of aromatic hydroxyl groups is 2. The number of benzene rings is 4. The summed E-state index contributed by atoms with van der Waals surface area (Å²) in [4.78, 5) is 19.6. The first kappa shape index (κ1) is 37.9. The van der Waals surface area contributed by atoms with Crippen LogP contribution in [0.15, 0.2) is 88.6 Å². The van der Waals surface area contributed by atoms with Gasteiger partial charge in [-0.15, -0.1) is 29.1 Å². The lowest BCUT2D eigenvalue weighted by Crippen LogP contribution is -2.00. The molecule has 0 radical (unpaired) electrons. The highest BCUT2D eigenvalue weighted by molar-refractivity contribution is 7.95. The summed E-state index contributed by atoms with van der Waals surface area (Å²) in [5.41, 5.74) is -4.36. The van der Waals surface area contributed by atoms with Crippen LogP contribution in [0, 0.1) is 10.1 Å². The highest BCUT2D eigenvalue weighted by Gasteiger charge is 2.27. The highest BCUT2D eigenvalue weighted by atomic mass is 32.2. The van der Waals surface area contributed by atoms with Gasteiger partial charge in [-0.2, -0.15) is 16.8 Å². The zero-order valence-electron chi connectivity index (χ0n) is 23.6. The van der Waals surface area contributed by atoms with Crippen molar-refractivity contribution in [2.24, 2.45) is 20.5 Å². The number of phenolic OH excluding ortho intramolecular Hbond substituents is 2. The fraction of sp³-hybridized carbons (Fsp3) is 0. The average molecular weight is 778 g/mol. The Balaban J connectivity index is 1.99. The normalized spacial score (nSPS) is 12.3. The molecule has 0 aromatic heterocycles. The molecule has 4 aromatic rings. The fourth-order valence-electron chi connectivity index (χ4n) is 3.97. The Labute approximate surface area is 284 Å². The third-order valence-electron chi connectivity index (χ3n) is 5.99. The number of fused-ring (bicyclic) bond motifs is 1. The molecule has 4 rings (SSSR count). The van der Waals surface area contributed by atoms with E-state index in [0.29, 0.717) is 24.2 Å². The number of nitrogens with zero attached hydrogens (tertiary/aromatic N) is 5. The van der Waals surface area contributed by atoms with Gasteiger partial charge in [-0.05, 0) is 41.8 Å². The number of rotatable bonds is 14. The Hall–Kier alpha value is -4.91. The molecule has 0 bridgehead atoms. The lowest BCUT2D eigenvalue weighted by Gasteiger charge is -2.13. The third kappa shape index (κ3) is 8.44. The van der Waals surface area contributed by atoms with Crippen LogP contribution in [0.25, 0.3) is 10.8 Å². The minimum absolute atomic E-state index is 0.0270. The van der Waals surface area contributed by atoms with Crippen molar-refractivity contribution in [2.45, 2.75) is 19.6 Å². The van der Waals surface area contributed by atoms with E-state index in [2.05, 4.69) is 39.2 Å². The highest BCUT2D eigenvalue weighted by Crippen LogP contribution is 2.51. The van der Waals surface area contributed by atoms with Gasteiger partial charge in [-0.3, -0.25) is 19.2 Å². The maximum Gasteiger partial charge on any atom is 0.338 e. The zero-order chi connectivity index (χ0) is 37.0. The van der Waals surface area contributed by atoms with Crippen molar-refractivity contribution in [3.05, 3.63) is 64.2 Å². The number of azo groups is 2. The molecule has 0 saturated heterocycles. The van der Waals surface area contributed by atoms with Gasteiger partial charge < -0.3 is 15.3 Å². The van der Waals surface area contributed by atoms with Gasteiger partial charge >= 0.3 is 5.97 Å². The summed E-state index contributed by atoms with van der Waals surface area (Å²) >= 11 is 0.469. The molecule has 0 atom stereocenters. The standard InChI is InChI=1S/C23H15N5O18S4/c29-21-18-9(5-15(48-46-44-36)19(21)26-25-14-8-11(47-45-43-35)2-4-16(14)49(37,38)39)6-17(50(40,41)42)20(22(18)30)27-24-13-3-1-10(28(33)34)7-12(13)23(31)32/h1-8,29-30,35-36H,(H,31,32)(H,37,38,39)(H,40,41,42). The van der Waals surface area contributed by atoms with Crippen molar-refractivity contribution in [1.82, 2.24) is 0 Å². The van der Waals surface area contributed by atoms with Crippen LogP contribution in [0.5, 0.6) is 11.5 Å². The maximum absolute atomic E-state index is 12.3. The second-order valence-corrected chi connectivity index (χ2v) is 13.2. The van der Waals surface area contributed by atoms with Crippen LogP contribution in [0.1, 0.15) is 10.4 Å². The maximum atomic E-state index is 12.3. The molecule has 0 amide bonds. The molecular formula is C23H15N5O18S4. The average Bonchev–Trinajstić information content (AvgIpc) is 3.04. The Morgan fingerprint density at radius 2 is 1.36 bits per heavy atom. The van der Waals surface area contributed by atoms with E-state index in [1.165, 1.54) is 0 Å². The van der Waals surface area contributed by atoms with Gasteiger partial charge in [0.25, 0.3) is 25.9 Å². The number of carboxylic acid groups (broad SMARTS) is 1. The molecule has 7 N–H and O–H groups in total. The predicted octanol–water partition coefficient (Wildman–Crippen LogP) is 6.04. The van der Waals surface area contributed by atoms with Gasteiger partial charge in [0.15, 0.2) is 11.5 Å². The SMILES string of the molecule is O=C(O)c1cc([N+](=O)[O-])ccc1N=Nc1c(S(=O)(=O)O)cc2cc(SOOO)c(N=Nc3cc(SOOO)ccc3S(=O)(=O)O)c(O)c2c1O. The monoisotopic (exact) mass is 777 g/mol. The topological polar surface area (TPSA) is 356 Å². The molecule has 50 heavy (non-hydrogen) atoms. The fourth-order valence-corrected chi connectivity index (χ4v) is 6.12. The van der Waals surface area contributed by atoms with Crippen molar-refractivity contribution in [3.8, 4) is 11.5 Å². The quantitative estimate of drug-likeness (QED) is 0.0191. The molecule has 0 spiro atoms. The number of aromatic carboxylic acids is 1. The Morgan fingerprint density at radius 1 is 0.760 bits per heavy atom. The van der Waals surface area contributed by atoms with Crippen molar-refractivity contribution in [3.63, 3.8) is 0 Å². The molecule has 0 aliphatic heterocycles. The van der Waals surface area contributed by atoms with Crippen LogP contribution >= 0.6 is 24.1 Å². The van der Waals surface area contributed by atoms with Crippen molar-refractivity contribution in [1.29, 1.82) is 0 Å². The number of non-ortho nitro benzene ring substituents is 1. The van der Waals surface area contributed by atoms with Crippen LogP contribution in [0.2, 0.25) is 0 Å². The molecule has 27 heteroatoms. The molecular weight excluding hydrogens is 763 g/mol. The van der Waals surface area contributed by atoms with E-state index in [0.717, 1.165) is 36.4 Å². The first-order chi connectivity index (χ1) is 23.5. The number of hydrogen-bond acceptors (Lipinski definition) is 21. The zero-order valence-corrected chi connectivity index (χ0v) is 26.9. The van der Waals surface area contributed by atoms with E-state index in [4.69, 9.17) is 10.5 Å². The molecule has 23 nitrogen and oxygen atoms in total. The van der Waals surface area contributed by atoms with E-state index in [1.807, 2.05) is 0 Å². The molecule has 0 aliphatic carbocycles. The second-order valence-electron chi connectivity index (χ2n) is 8.94. The minimum atomic E-state index is -5.29. The molecule has 0 fully saturated rings. The largest absolute Gasteiger partial charge is 0.505 e. The first-order valence-electron chi connectivity index (χ1n) is 12.3. The van der Waals surface area contributed by atoms with E-state index in [1.54, 1.807) is 0 Å². The lowest BCUT2D eigenvalue weighted by molar-refractivity contribution is -0.432. The number of phenols is 2. The van der Waals surface area contributed by atoms with Crippen molar-refractivity contribution >= 4 is 89.5 Å². The van der Waals surface area contributed by atoms with Crippen LogP contribution in [0.3, 0.4) is 0 Å². The summed E-state index contributed by atoms with van der Waals surface area (Å²) < 4.78 is 76.7. The molecule has 4 aromatic carbocycles. The van der Waals surface area contributed by atoms with Crippen LogP contribution in [-0.2, 0) is 39.0 Å². The number of nitro groups is 1. The Morgan fingerprint density at radius 3 is 1.96 bits per heavy atom. The number of nitro benzene ring substituents is 1. The van der Waals surface area contributed by atoms with Gasteiger partial charge in [0, 0.05) is 17.0 Å². The smallest absolute Gasteiger partial charge is 0.338 e. The molecule has 0 unspecified atom stereocenters. The van der Waals surface area contributed by atoms with Crippen LogP contribution in [0.4, 0.5) is 28.4 Å². The van der Waals surface area contributed by atoms with Gasteiger partial charge in [-0.25, -0.2) is 15.3 Å². The first-order valence-corrected chi connectivity index (χ1v) is 16.6. The summed E-state index contributed by atoms with van der Waals surface area (Å²) in [7, 11) is -10.3. The molecule has 0 saturated carbocycles. The van der Waals surface area contributed by atoms with E-state index >= 15 is 0 Å². The second kappa shape index (κ2) is 15.3. The third-order valence-corrected chi connectivity index (χ3v) is 8.95.